The minimum atomic E-state index is 0.514. The van der Waals surface area contributed by atoms with Crippen LogP contribution < -0.4 is 5.32 Å². The molecular formula is C17H24N4. The van der Waals surface area contributed by atoms with E-state index in [1.165, 1.54) is 43.2 Å². The fourth-order valence-electron chi connectivity index (χ4n) is 3.11. The highest BCUT2D eigenvalue weighted by atomic mass is 15.0. The first-order valence-electron chi connectivity index (χ1n) is 8.04. The van der Waals surface area contributed by atoms with E-state index in [-0.39, 0.29) is 0 Å². The van der Waals surface area contributed by atoms with Crippen LogP contribution in [0.4, 0.5) is 0 Å². The Morgan fingerprint density at radius 1 is 1.24 bits per heavy atom. The summed E-state index contributed by atoms with van der Waals surface area (Å²) >= 11 is 0. The number of aromatic nitrogens is 3. The van der Waals surface area contributed by atoms with Crippen LogP contribution in [0.1, 0.15) is 55.6 Å². The van der Waals surface area contributed by atoms with Gasteiger partial charge in [-0.1, -0.05) is 13.3 Å². The van der Waals surface area contributed by atoms with Crippen molar-refractivity contribution in [1.82, 2.24) is 19.9 Å². The molecule has 0 radical (unpaired) electrons. The molecule has 4 heteroatoms. The summed E-state index contributed by atoms with van der Waals surface area (Å²) in [4.78, 5) is 8.64. The van der Waals surface area contributed by atoms with Gasteiger partial charge in [0.2, 0.25) is 0 Å². The molecule has 1 atom stereocenters. The maximum Gasteiger partial charge on any atom is 0.147 e. The lowest BCUT2D eigenvalue weighted by Crippen LogP contribution is -2.21. The molecule has 2 aromatic rings. The molecule has 0 bridgehead atoms. The van der Waals surface area contributed by atoms with Gasteiger partial charge in [0.05, 0.1) is 6.54 Å². The van der Waals surface area contributed by atoms with Gasteiger partial charge in [-0.3, -0.25) is 0 Å². The average Bonchev–Trinajstić information content (AvgIpc) is 2.81. The quantitative estimate of drug-likeness (QED) is 0.858. The van der Waals surface area contributed by atoms with Crippen LogP contribution in [-0.4, -0.2) is 21.1 Å². The minimum Gasteiger partial charge on any atom is -0.346 e. The highest BCUT2D eigenvalue weighted by Crippen LogP contribution is 2.29. The van der Waals surface area contributed by atoms with Gasteiger partial charge in [-0.2, -0.15) is 0 Å². The van der Waals surface area contributed by atoms with Gasteiger partial charge in [0.15, 0.2) is 0 Å². The predicted octanol–water partition coefficient (Wildman–Crippen LogP) is 3.09. The van der Waals surface area contributed by atoms with Crippen molar-refractivity contribution in [3.63, 3.8) is 0 Å². The van der Waals surface area contributed by atoms with Gasteiger partial charge in [-0.15, -0.1) is 0 Å². The summed E-state index contributed by atoms with van der Waals surface area (Å²) in [5, 5.41) is 3.70. The van der Waals surface area contributed by atoms with Crippen LogP contribution >= 0.6 is 0 Å². The zero-order chi connectivity index (χ0) is 14.5. The van der Waals surface area contributed by atoms with Gasteiger partial charge < -0.3 is 9.88 Å². The largest absolute Gasteiger partial charge is 0.346 e. The van der Waals surface area contributed by atoms with Crippen molar-refractivity contribution < 1.29 is 0 Å². The molecule has 4 nitrogen and oxygen atoms in total. The molecule has 21 heavy (non-hydrogen) atoms. The van der Waals surface area contributed by atoms with Crippen LogP contribution in [0.5, 0.6) is 0 Å². The van der Waals surface area contributed by atoms with Crippen LogP contribution in [0.15, 0.2) is 30.9 Å². The van der Waals surface area contributed by atoms with Crippen molar-refractivity contribution >= 4 is 0 Å². The molecule has 0 spiro atoms. The fourth-order valence-corrected chi connectivity index (χ4v) is 3.11. The third kappa shape index (κ3) is 3.50. The summed E-state index contributed by atoms with van der Waals surface area (Å²) in [6.07, 6.45) is 14.4. The monoisotopic (exact) mass is 284 g/mol. The van der Waals surface area contributed by atoms with E-state index in [0.29, 0.717) is 6.04 Å². The van der Waals surface area contributed by atoms with Crippen LogP contribution in [-0.2, 0) is 13.0 Å². The van der Waals surface area contributed by atoms with Gasteiger partial charge in [0, 0.05) is 30.8 Å². The smallest absolute Gasteiger partial charge is 0.147 e. The lowest BCUT2D eigenvalue weighted by Gasteiger charge is -2.16. The lowest BCUT2D eigenvalue weighted by atomic mass is 10.0. The van der Waals surface area contributed by atoms with Crippen molar-refractivity contribution in [1.29, 1.82) is 0 Å². The Balaban J connectivity index is 1.79. The molecule has 0 aliphatic heterocycles. The molecule has 112 valence electrons. The van der Waals surface area contributed by atoms with Crippen molar-refractivity contribution in [2.24, 2.45) is 0 Å². The second kappa shape index (κ2) is 6.85. The molecule has 3 rings (SSSR count). The number of rotatable bonds is 5. The Bertz CT molecular complexity index is 561. The van der Waals surface area contributed by atoms with E-state index in [1.54, 1.807) is 0 Å². The molecule has 2 aromatic heterocycles. The summed E-state index contributed by atoms with van der Waals surface area (Å²) in [6.45, 7) is 4.08. The molecule has 0 fully saturated rings. The molecule has 0 aromatic carbocycles. The van der Waals surface area contributed by atoms with Gasteiger partial charge in [-0.05, 0) is 49.4 Å². The molecule has 1 aliphatic carbocycles. The van der Waals surface area contributed by atoms with E-state index in [0.717, 1.165) is 18.9 Å². The van der Waals surface area contributed by atoms with Gasteiger partial charge >= 0.3 is 0 Å². The molecule has 1 unspecified atom stereocenters. The van der Waals surface area contributed by atoms with Crippen LogP contribution in [0.3, 0.4) is 0 Å². The maximum absolute atomic E-state index is 4.32. The molecule has 1 N–H and O–H groups in total. The Morgan fingerprint density at radius 2 is 2.10 bits per heavy atom. The summed E-state index contributed by atoms with van der Waals surface area (Å²) in [7, 11) is 0. The number of hydrogen-bond donors (Lipinski definition) is 1. The molecule has 0 amide bonds. The number of nitrogens with zero attached hydrogens (tertiary/aromatic N) is 3. The SMILES string of the molecule is CCCNC1CCCCc2cn(Cc3ncccn3)cc21. The van der Waals surface area contributed by atoms with E-state index in [2.05, 4.69) is 39.2 Å². The Hall–Kier alpha value is -1.68. The van der Waals surface area contributed by atoms with Crippen LogP contribution in [0.2, 0.25) is 0 Å². The van der Waals surface area contributed by atoms with Crippen molar-refractivity contribution in [3.8, 4) is 0 Å². The Morgan fingerprint density at radius 3 is 2.90 bits per heavy atom. The fraction of sp³-hybridized carbons (Fsp3) is 0.529. The standard InChI is InChI=1S/C17H24N4/c1-2-8-18-16-7-4-3-6-14-11-21(12-15(14)16)13-17-19-9-5-10-20-17/h5,9-12,16,18H,2-4,6-8,13H2,1H3. The minimum absolute atomic E-state index is 0.514. The zero-order valence-electron chi connectivity index (χ0n) is 12.8. The Labute approximate surface area is 126 Å². The van der Waals surface area contributed by atoms with Gasteiger partial charge in [0.1, 0.15) is 5.82 Å². The lowest BCUT2D eigenvalue weighted by molar-refractivity contribution is 0.488. The van der Waals surface area contributed by atoms with E-state index < -0.39 is 0 Å². The van der Waals surface area contributed by atoms with Gasteiger partial charge in [-0.25, -0.2) is 9.97 Å². The third-order valence-electron chi connectivity index (χ3n) is 4.15. The second-order valence-corrected chi connectivity index (χ2v) is 5.83. The van der Waals surface area contributed by atoms with E-state index in [4.69, 9.17) is 0 Å². The van der Waals surface area contributed by atoms with Gasteiger partial charge in [0.25, 0.3) is 0 Å². The number of nitrogens with one attached hydrogen (secondary N) is 1. The Kier molecular flexibility index (Phi) is 4.65. The summed E-state index contributed by atoms with van der Waals surface area (Å²) in [5.74, 6) is 0.876. The first kappa shape index (κ1) is 14.3. The molecule has 1 aliphatic rings. The first-order chi connectivity index (χ1) is 10.4. The molecule has 0 saturated carbocycles. The number of aryl methyl sites for hydroxylation is 1. The summed E-state index contributed by atoms with van der Waals surface area (Å²) in [6, 6.07) is 2.37. The normalized spacial score (nSPS) is 18.2. The van der Waals surface area contributed by atoms with Crippen molar-refractivity contribution in [3.05, 3.63) is 47.8 Å². The molecular weight excluding hydrogens is 260 g/mol. The van der Waals surface area contributed by atoms with Crippen molar-refractivity contribution in [2.75, 3.05) is 6.54 Å². The average molecular weight is 284 g/mol. The maximum atomic E-state index is 4.32. The van der Waals surface area contributed by atoms with E-state index in [9.17, 15) is 0 Å². The number of fused-ring (bicyclic) bond motifs is 1. The van der Waals surface area contributed by atoms with E-state index in [1.807, 2.05) is 18.5 Å². The molecule has 2 heterocycles. The topological polar surface area (TPSA) is 42.7 Å². The second-order valence-electron chi connectivity index (χ2n) is 5.83. The first-order valence-corrected chi connectivity index (χ1v) is 8.04. The molecule has 0 saturated heterocycles. The van der Waals surface area contributed by atoms with Crippen LogP contribution in [0, 0.1) is 0 Å². The van der Waals surface area contributed by atoms with Crippen molar-refractivity contribution in [2.45, 2.75) is 51.6 Å². The van der Waals surface area contributed by atoms with E-state index >= 15 is 0 Å². The third-order valence-corrected chi connectivity index (χ3v) is 4.15. The highest BCUT2D eigenvalue weighted by Gasteiger charge is 2.20. The number of hydrogen-bond acceptors (Lipinski definition) is 3. The summed E-state index contributed by atoms with van der Waals surface area (Å²) in [5.41, 5.74) is 2.98. The zero-order valence-corrected chi connectivity index (χ0v) is 12.8. The highest BCUT2D eigenvalue weighted by molar-refractivity contribution is 5.29. The summed E-state index contributed by atoms with van der Waals surface area (Å²) < 4.78 is 2.24. The van der Waals surface area contributed by atoms with Crippen LogP contribution in [0.25, 0.3) is 0 Å². The predicted molar refractivity (Wildman–Crippen MR) is 84.2 cm³/mol.